The summed E-state index contributed by atoms with van der Waals surface area (Å²) in [5.74, 6) is 1.09. The highest BCUT2D eigenvalue weighted by Gasteiger charge is 2.13. The van der Waals surface area contributed by atoms with Crippen LogP contribution in [-0.2, 0) is 11.3 Å². The van der Waals surface area contributed by atoms with Crippen molar-refractivity contribution in [3.05, 3.63) is 29.8 Å². The van der Waals surface area contributed by atoms with Crippen LogP contribution < -0.4 is 10.1 Å². The van der Waals surface area contributed by atoms with E-state index < -0.39 is 0 Å². The quantitative estimate of drug-likeness (QED) is 0.703. The fraction of sp³-hybridized carbons (Fsp3) is 0.632. The van der Waals surface area contributed by atoms with E-state index in [4.69, 9.17) is 4.74 Å². The summed E-state index contributed by atoms with van der Waals surface area (Å²) in [5, 5.41) is 2.91. The van der Waals surface area contributed by atoms with E-state index in [2.05, 4.69) is 41.1 Å². The molecule has 1 aliphatic heterocycles. The molecule has 0 aliphatic carbocycles. The van der Waals surface area contributed by atoms with Gasteiger partial charge < -0.3 is 15.0 Å². The molecule has 1 aliphatic rings. The predicted octanol–water partition coefficient (Wildman–Crippen LogP) is 2.12. The van der Waals surface area contributed by atoms with Crippen molar-refractivity contribution in [2.45, 2.75) is 33.2 Å². The van der Waals surface area contributed by atoms with E-state index in [0.29, 0.717) is 6.42 Å². The van der Waals surface area contributed by atoms with Crippen molar-refractivity contribution in [3.63, 3.8) is 0 Å². The minimum Gasteiger partial charge on any atom is -0.494 e. The lowest BCUT2D eigenvalue weighted by Gasteiger charge is -2.19. The van der Waals surface area contributed by atoms with Gasteiger partial charge in [-0.15, -0.1) is 0 Å². The van der Waals surface area contributed by atoms with Crippen molar-refractivity contribution < 1.29 is 9.53 Å². The van der Waals surface area contributed by atoms with Crippen LogP contribution in [0.4, 0.5) is 0 Å². The minimum atomic E-state index is 0.158. The molecule has 1 saturated heterocycles. The van der Waals surface area contributed by atoms with Gasteiger partial charge in [0.05, 0.1) is 6.61 Å². The second-order valence-electron chi connectivity index (χ2n) is 6.25. The lowest BCUT2D eigenvalue weighted by atomic mass is 10.2. The molecule has 1 fully saturated rings. The molecule has 1 aromatic rings. The molecule has 134 valence electrons. The Balaban J connectivity index is 1.71. The summed E-state index contributed by atoms with van der Waals surface area (Å²) >= 11 is 0. The first-order valence-electron chi connectivity index (χ1n) is 9.14. The summed E-state index contributed by atoms with van der Waals surface area (Å²) in [4.78, 5) is 16.1. The van der Waals surface area contributed by atoms with E-state index in [9.17, 15) is 4.79 Å². The molecule has 1 amide bonds. The standard InChI is InChI=1S/C19H31N3O2/c1-3-21(4-2)12-5-15-24-18-8-6-17(7-9-18)16-22-13-10-19(23)20-11-14-22/h6-9H,3-5,10-16H2,1-2H3,(H,20,23). The summed E-state index contributed by atoms with van der Waals surface area (Å²) < 4.78 is 5.83. The number of carbonyl (C=O) groups is 1. The highest BCUT2D eigenvalue weighted by Crippen LogP contribution is 2.14. The molecule has 1 N–H and O–H groups in total. The predicted molar refractivity (Wildman–Crippen MR) is 97.2 cm³/mol. The number of nitrogens with one attached hydrogen (secondary N) is 1. The Labute approximate surface area is 146 Å². The summed E-state index contributed by atoms with van der Waals surface area (Å²) in [6.07, 6.45) is 1.64. The molecule has 0 bridgehead atoms. The highest BCUT2D eigenvalue weighted by molar-refractivity contribution is 5.76. The van der Waals surface area contributed by atoms with Crippen molar-refractivity contribution in [1.29, 1.82) is 0 Å². The molecule has 1 heterocycles. The molecule has 0 saturated carbocycles. The third-order valence-electron chi connectivity index (χ3n) is 4.52. The third kappa shape index (κ3) is 6.49. The first kappa shape index (κ1) is 18.7. The summed E-state index contributed by atoms with van der Waals surface area (Å²) in [5.41, 5.74) is 1.26. The monoisotopic (exact) mass is 333 g/mol. The van der Waals surface area contributed by atoms with E-state index in [1.165, 1.54) is 5.56 Å². The Morgan fingerprint density at radius 1 is 1.17 bits per heavy atom. The third-order valence-corrected chi connectivity index (χ3v) is 4.52. The van der Waals surface area contributed by atoms with Gasteiger partial charge in [-0.1, -0.05) is 26.0 Å². The van der Waals surface area contributed by atoms with E-state index in [-0.39, 0.29) is 5.91 Å². The molecular formula is C19H31N3O2. The van der Waals surface area contributed by atoms with E-state index in [0.717, 1.165) is 64.6 Å². The molecule has 5 nitrogen and oxygen atoms in total. The fourth-order valence-electron chi connectivity index (χ4n) is 2.94. The van der Waals surface area contributed by atoms with Crippen molar-refractivity contribution >= 4 is 5.91 Å². The van der Waals surface area contributed by atoms with Crippen LogP contribution in [0.5, 0.6) is 5.75 Å². The van der Waals surface area contributed by atoms with E-state index >= 15 is 0 Å². The van der Waals surface area contributed by atoms with Crippen LogP contribution >= 0.6 is 0 Å². The molecular weight excluding hydrogens is 302 g/mol. The summed E-state index contributed by atoms with van der Waals surface area (Å²) in [7, 11) is 0. The molecule has 24 heavy (non-hydrogen) atoms. The van der Waals surface area contributed by atoms with Gasteiger partial charge in [0.1, 0.15) is 5.75 Å². The highest BCUT2D eigenvalue weighted by atomic mass is 16.5. The maximum atomic E-state index is 11.4. The Morgan fingerprint density at radius 2 is 1.92 bits per heavy atom. The van der Waals surface area contributed by atoms with Crippen LogP contribution in [0.1, 0.15) is 32.3 Å². The second kappa shape index (κ2) is 10.3. The Kier molecular flexibility index (Phi) is 8.05. The lowest BCUT2D eigenvalue weighted by Crippen LogP contribution is -2.28. The van der Waals surface area contributed by atoms with Crippen LogP contribution in [-0.4, -0.2) is 61.6 Å². The fourth-order valence-corrected chi connectivity index (χ4v) is 2.94. The minimum absolute atomic E-state index is 0.158. The average molecular weight is 333 g/mol. The smallest absolute Gasteiger partial charge is 0.221 e. The maximum Gasteiger partial charge on any atom is 0.221 e. The number of rotatable bonds is 9. The van der Waals surface area contributed by atoms with Crippen LogP contribution in [0.3, 0.4) is 0 Å². The number of hydrogen-bond acceptors (Lipinski definition) is 4. The molecule has 1 aromatic carbocycles. The van der Waals surface area contributed by atoms with Crippen LogP contribution in [0.15, 0.2) is 24.3 Å². The van der Waals surface area contributed by atoms with Gasteiger partial charge in [-0.25, -0.2) is 0 Å². The van der Waals surface area contributed by atoms with Gasteiger partial charge in [0.15, 0.2) is 0 Å². The number of hydrogen-bond donors (Lipinski definition) is 1. The number of amides is 1. The van der Waals surface area contributed by atoms with Crippen molar-refractivity contribution in [2.24, 2.45) is 0 Å². The molecule has 0 aromatic heterocycles. The van der Waals surface area contributed by atoms with Crippen molar-refractivity contribution in [3.8, 4) is 5.75 Å². The summed E-state index contributed by atoms with van der Waals surface area (Å²) in [6, 6.07) is 8.35. The molecule has 5 heteroatoms. The normalized spacial score (nSPS) is 16.0. The number of benzene rings is 1. The maximum absolute atomic E-state index is 11.4. The van der Waals surface area contributed by atoms with Gasteiger partial charge in [0, 0.05) is 39.1 Å². The largest absolute Gasteiger partial charge is 0.494 e. The van der Waals surface area contributed by atoms with Crippen LogP contribution in [0.25, 0.3) is 0 Å². The number of ether oxygens (including phenoxy) is 1. The van der Waals surface area contributed by atoms with E-state index in [1.807, 2.05) is 12.1 Å². The van der Waals surface area contributed by atoms with Crippen molar-refractivity contribution in [1.82, 2.24) is 15.1 Å². The van der Waals surface area contributed by atoms with Gasteiger partial charge in [-0.2, -0.15) is 0 Å². The average Bonchev–Trinajstić information content (AvgIpc) is 2.81. The zero-order valence-electron chi connectivity index (χ0n) is 15.1. The van der Waals surface area contributed by atoms with Crippen LogP contribution in [0.2, 0.25) is 0 Å². The van der Waals surface area contributed by atoms with Gasteiger partial charge in [-0.3, -0.25) is 9.69 Å². The Morgan fingerprint density at radius 3 is 2.62 bits per heavy atom. The molecule has 0 unspecified atom stereocenters. The van der Waals surface area contributed by atoms with E-state index in [1.54, 1.807) is 0 Å². The Hall–Kier alpha value is -1.59. The zero-order valence-corrected chi connectivity index (χ0v) is 15.1. The molecule has 0 spiro atoms. The molecule has 2 rings (SSSR count). The van der Waals surface area contributed by atoms with Crippen molar-refractivity contribution in [2.75, 3.05) is 45.9 Å². The number of carbonyl (C=O) groups excluding carboxylic acids is 1. The van der Waals surface area contributed by atoms with Gasteiger partial charge in [0.25, 0.3) is 0 Å². The van der Waals surface area contributed by atoms with Gasteiger partial charge in [0.2, 0.25) is 5.91 Å². The number of nitrogens with zero attached hydrogens (tertiary/aromatic N) is 2. The first-order valence-corrected chi connectivity index (χ1v) is 9.14. The topological polar surface area (TPSA) is 44.8 Å². The zero-order chi connectivity index (χ0) is 17.2. The first-order chi connectivity index (χ1) is 11.7. The molecule has 0 radical (unpaired) electrons. The lowest BCUT2D eigenvalue weighted by molar-refractivity contribution is -0.120. The Bertz CT molecular complexity index is 486. The van der Waals surface area contributed by atoms with Gasteiger partial charge in [-0.05, 0) is 37.2 Å². The molecule has 0 atom stereocenters. The SMILES string of the molecule is CCN(CC)CCCOc1ccc(CN2CCNC(=O)CC2)cc1. The van der Waals surface area contributed by atoms with Crippen LogP contribution in [0, 0.1) is 0 Å². The summed E-state index contributed by atoms with van der Waals surface area (Å²) in [6.45, 7) is 11.8. The second-order valence-corrected chi connectivity index (χ2v) is 6.25. The van der Waals surface area contributed by atoms with Gasteiger partial charge >= 0.3 is 0 Å².